The Balaban J connectivity index is 2.28. The first-order chi connectivity index (χ1) is 3.80. The van der Waals surface area contributed by atoms with Crippen LogP contribution in [0.4, 0.5) is 0 Å². The van der Waals surface area contributed by atoms with Crippen LogP contribution in [-0.4, -0.2) is 39.4 Å². The molecule has 1 aliphatic heterocycles. The first-order valence-electron chi connectivity index (χ1n) is 3.17. The third-order valence-corrected chi connectivity index (χ3v) is 2.95. The van der Waals surface area contributed by atoms with E-state index in [4.69, 9.17) is 0 Å². The Bertz CT molecular complexity index is 64.9. The molecule has 0 aromatic carbocycles. The molecule has 0 aliphatic carbocycles. The van der Waals surface area contributed by atoms with Gasteiger partial charge in [0.2, 0.25) is 0 Å². The zero-order valence-corrected chi connectivity index (χ0v) is 6.97. The maximum absolute atomic E-state index is 3.15. The summed E-state index contributed by atoms with van der Waals surface area (Å²) < 4.78 is 0. The van der Waals surface area contributed by atoms with Gasteiger partial charge >= 0.3 is 58.7 Å². The van der Waals surface area contributed by atoms with Gasteiger partial charge in [-0.25, -0.2) is 0 Å². The number of hydrogen-bond acceptors (Lipinski definition) is 1. The van der Waals surface area contributed by atoms with Gasteiger partial charge in [-0.1, -0.05) is 0 Å². The Morgan fingerprint density at radius 2 is 2.25 bits per heavy atom. The number of hydrogen-bond donors (Lipinski definition) is 0. The summed E-state index contributed by atoms with van der Waals surface area (Å²) in [4.78, 5) is 3.09. The van der Waals surface area contributed by atoms with Crippen LogP contribution >= 0.6 is 0 Å². The van der Waals surface area contributed by atoms with E-state index in [0.29, 0.717) is 4.94 Å². The third-order valence-electron chi connectivity index (χ3n) is 1.70. The molecule has 8 heavy (non-hydrogen) atoms. The van der Waals surface area contributed by atoms with Crippen LogP contribution in [0.25, 0.3) is 0 Å². The van der Waals surface area contributed by atoms with Gasteiger partial charge in [0.25, 0.3) is 0 Å². The molecule has 1 nitrogen and oxygen atoms in total. The van der Waals surface area contributed by atoms with Crippen molar-refractivity contribution in [3.05, 3.63) is 0 Å². The van der Waals surface area contributed by atoms with Crippen LogP contribution in [0.15, 0.2) is 0 Å². The molecule has 1 unspecified atom stereocenters. The summed E-state index contributed by atoms with van der Waals surface area (Å²) >= 11 is 3.15. The van der Waals surface area contributed by atoms with Gasteiger partial charge in [-0.15, -0.1) is 0 Å². The summed E-state index contributed by atoms with van der Waals surface area (Å²) in [5, 5.41) is 0. The van der Waals surface area contributed by atoms with Crippen molar-refractivity contribution in [2.45, 2.75) is 24.2 Å². The number of rotatable bonds is 0. The zero-order valence-electron chi connectivity index (χ0n) is 5.26. The monoisotopic (exact) mass is 178 g/mol. The van der Waals surface area contributed by atoms with E-state index in [1.54, 1.807) is 0 Å². The fraction of sp³-hybridized carbons (Fsp3) is 1.00. The number of nitrogens with zero attached hydrogens (tertiary/aromatic N) is 1. The van der Waals surface area contributed by atoms with E-state index < -0.39 is 0 Å². The van der Waals surface area contributed by atoms with Crippen LogP contribution in [0.1, 0.15) is 19.3 Å². The van der Waals surface area contributed by atoms with Crippen LogP contribution in [0.5, 0.6) is 0 Å². The van der Waals surface area contributed by atoms with Crippen molar-refractivity contribution < 1.29 is 0 Å². The molecule has 0 N–H and O–H groups in total. The molecule has 1 saturated heterocycles. The van der Waals surface area contributed by atoms with E-state index in [0.717, 1.165) is 0 Å². The van der Waals surface area contributed by atoms with E-state index in [1.165, 1.54) is 25.8 Å². The standard InChI is InChI=1S/C6H12NSe/c1-7-5-3-2-4-6(7)8/h6H,2-5H2,1H3. The van der Waals surface area contributed by atoms with Crippen LogP contribution in [-0.2, 0) is 0 Å². The summed E-state index contributed by atoms with van der Waals surface area (Å²) in [7, 11) is 2.18. The minimum absolute atomic E-state index is 0.712. The molecule has 1 fully saturated rings. The van der Waals surface area contributed by atoms with E-state index in [-0.39, 0.29) is 0 Å². The Labute approximate surface area is 59.3 Å². The van der Waals surface area contributed by atoms with Gasteiger partial charge in [-0.2, -0.15) is 0 Å². The van der Waals surface area contributed by atoms with Crippen LogP contribution in [0.3, 0.4) is 0 Å². The Hall–Kier alpha value is 0.479. The Kier molecular flexibility index (Phi) is 2.36. The third kappa shape index (κ3) is 1.48. The quantitative estimate of drug-likeness (QED) is 0.490. The molecule has 1 atom stereocenters. The van der Waals surface area contributed by atoms with Gasteiger partial charge in [0.05, 0.1) is 0 Å². The molecule has 1 rings (SSSR count). The molecule has 0 aromatic heterocycles. The molecule has 2 heteroatoms. The second-order valence-electron chi connectivity index (χ2n) is 2.43. The number of piperidine rings is 1. The number of likely N-dealkylation sites (tertiary alicyclic amines) is 1. The molecule has 1 heterocycles. The fourth-order valence-electron chi connectivity index (χ4n) is 1.04. The molecule has 1 radical (unpaired) electrons. The van der Waals surface area contributed by atoms with Crippen molar-refractivity contribution in [3.63, 3.8) is 0 Å². The molecule has 0 amide bonds. The van der Waals surface area contributed by atoms with Gasteiger partial charge in [-0.05, 0) is 0 Å². The van der Waals surface area contributed by atoms with Crippen LogP contribution in [0.2, 0.25) is 0 Å². The van der Waals surface area contributed by atoms with E-state index in [2.05, 4.69) is 28.0 Å². The Morgan fingerprint density at radius 3 is 2.62 bits per heavy atom. The molecule has 1 aliphatic rings. The molecule has 0 saturated carbocycles. The van der Waals surface area contributed by atoms with Crippen LogP contribution < -0.4 is 0 Å². The van der Waals surface area contributed by atoms with Crippen molar-refractivity contribution >= 4 is 16.0 Å². The van der Waals surface area contributed by atoms with Crippen molar-refractivity contribution in [3.8, 4) is 0 Å². The molecule has 0 spiro atoms. The second-order valence-corrected chi connectivity index (χ2v) is 3.57. The summed E-state index contributed by atoms with van der Waals surface area (Å²) in [5.74, 6) is 0. The summed E-state index contributed by atoms with van der Waals surface area (Å²) in [5.41, 5.74) is 0. The predicted octanol–water partition coefficient (Wildman–Crippen LogP) is 0.597. The maximum atomic E-state index is 3.15. The molecular weight excluding hydrogens is 165 g/mol. The van der Waals surface area contributed by atoms with Gasteiger partial charge < -0.3 is 0 Å². The van der Waals surface area contributed by atoms with Crippen molar-refractivity contribution in [1.82, 2.24) is 4.90 Å². The molecule has 47 valence electrons. The van der Waals surface area contributed by atoms with E-state index in [1.807, 2.05) is 0 Å². The average Bonchev–Trinajstić information content (AvgIpc) is 1.77. The first-order valence-corrected chi connectivity index (χ1v) is 4.15. The average molecular weight is 177 g/mol. The predicted molar refractivity (Wildman–Crippen MR) is 36.0 cm³/mol. The first kappa shape index (κ1) is 6.60. The topological polar surface area (TPSA) is 3.24 Å². The minimum atomic E-state index is 0.712. The van der Waals surface area contributed by atoms with Gasteiger partial charge in [0.1, 0.15) is 0 Å². The second kappa shape index (κ2) is 2.86. The van der Waals surface area contributed by atoms with E-state index in [9.17, 15) is 0 Å². The zero-order chi connectivity index (χ0) is 5.98. The van der Waals surface area contributed by atoms with Gasteiger partial charge in [0.15, 0.2) is 0 Å². The van der Waals surface area contributed by atoms with Gasteiger partial charge in [0, 0.05) is 0 Å². The van der Waals surface area contributed by atoms with Crippen molar-refractivity contribution in [1.29, 1.82) is 0 Å². The van der Waals surface area contributed by atoms with Crippen molar-refractivity contribution in [2.24, 2.45) is 0 Å². The van der Waals surface area contributed by atoms with Crippen molar-refractivity contribution in [2.75, 3.05) is 13.6 Å². The van der Waals surface area contributed by atoms with Gasteiger partial charge in [-0.3, -0.25) is 0 Å². The Morgan fingerprint density at radius 1 is 1.50 bits per heavy atom. The SMILES string of the molecule is CN1CCCCC1[Se]. The summed E-state index contributed by atoms with van der Waals surface area (Å²) in [6.45, 7) is 1.28. The molecular formula is C6H12NSe. The van der Waals surface area contributed by atoms with Crippen LogP contribution in [0, 0.1) is 0 Å². The molecule has 0 aromatic rings. The fourth-order valence-corrected chi connectivity index (χ4v) is 1.62. The summed E-state index contributed by atoms with van der Waals surface area (Å²) in [6, 6.07) is 0. The normalized spacial score (nSPS) is 33.0. The summed E-state index contributed by atoms with van der Waals surface area (Å²) in [6.07, 6.45) is 4.13. The van der Waals surface area contributed by atoms with E-state index >= 15 is 0 Å². The molecule has 0 bridgehead atoms.